The van der Waals surface area contributed by atoms with Gasteiger partial charge in [-0.2, -0.15) is 0 Å². The topological polar surface area (TPSA) is 48.0 Å². The highest BCUT2D eigenvalue weighted by Crippen LogP contribution is 2.31. The smallest absolute Gasteiger partial charge is 0.253 e. The van der Waals surface area contributed by atoms with Gasteiger partial charge in [0, 0.05) is 31.5 Å². The van der Waals surface area contributed by atoms with E-state index in [0.717, 1.165) is 24.2 Å². The molecule has 0 aliphatic carbocycles. The summed E-state index contributed by atoms with van der Waals surface area (Å²) in [7, 11) is 0. The Hall–Kier alpha value is -2.37. The summed E-state index contributed by atoms with van der Waals surface area (Å²) in [5.74, 6) is 0.453. The summed E-state index contributed by atoms with van der Waals surface area (Å²) in [5.41, 5.74) is 1.74. The lowest BCUT2D eigenvalue weighted by Gasteiger charge is -2.37. The maximum atomic E-state index is 12.7. The summed E-state index contributed by atoms with van der Waals surface area (Å²) < 4.78 is 17.2. The molecule has 0 radical (unpaired) electrons. The average Bonchev–Trinajstić information content (AvgIpc) is 3.16. The largest absolute Gasteiger partial charge is 0.489 e. The Balaban J connectivity index is 1.32. The number of carbonyl (C=O) groups excluding carboxylic acids is 1. The third-order valence-electron chi connectivity index (χ3n) is 4.98. The van der Waals surface area contributed by atoms with Crippen LogP contribution < -0.4 is 4.74 Å². The fourth-order valence-electron chi connectivity index (χ4n) is 3.45. The molecule has 5 heteroatoms. The third-order valence-corrected chi connectivity index (χ3v) is 4.98. The van der Waals surface area contributed by atoms with Crippen molar-refractivity contribution >= 4 is 5.91 Å². The molecule has 2 fully saturated rings. The van der Waals surface area contributed by atoms with Crippen LogP contribution in [0.1, 0.15) is 28.8 Å². The minimum Gasteiger partial charge on any atom is -0.489 e. The fraction of sp³-hybridized carbons (Fsp3) is 0.381. The van der Waals surface area contributed by atoms with Crippen LogP contribution in [0, 0.1) is 0 Å². The Morgan fingerprint density at radius 3 is 2.27 bits per heavy atom. The van der Waals surface area contributed by atoms with E-state index >= 15 is 0 Å². The number of benzene rings is 2. The molecule has 1 spiro atoms. The van der Waals surface area contributed by atoms with Crippen LogP contribution in [0.5, 0.6) is 5.75 Å². The minimum absolute atomic E-state index is 0.0633. The Morgan fingerprint density at radius 2 is 1.62 bits per heavy atom. The van der Waals surface area contributed by atoms with Gasteiger partial charge in [-0.15, -0.1) is 0 Å². The summed E-state index contributed by atoms with van der Waals surface area (Å²) >= 11 is 0. The summed E-state index contributed by atoms with van der Waals surface area (Å²) in [6.45, 7) is 3.12. The van der Waals surface area contributed by atoms with Crippen LogP contribution in [0.25, 0.3) is 0 Å². The lowest BCUT2D eigenvalue weighted by Crippen LogP contribution is -2.47. The molecule has 0 aromatic heterocycles. The van der Waals surface area contributed by atoms with Gasteiger partial charge in [0.15, 0.2) is 5.79 Å². The molecule has 5 nitrogen and oxygen atoms in total. The van der Waals surface area contributed by atoms with Crippen molar-refractivity contribution in [1.82, 2.24) is 4.90 Å². The molecule has 26 heavy (non-hydrogen) atoms. The van der Waals surface area contributed by atoms with Crippen molar-refractivity contribution in [2.24, 2.45) is 0 Å². The quantitative estimate of drug-likeness (QED) is 0.847. The molecule has 0 saturated carbocycles. The second-order valence-corrected chi connectivity index (χ2v) is 6.70. The first-order valence-electron chi connectivity index (χ1n) is 9.08. The van der Waals surface area contributed by atoms with Crippen LogP contribution in [0.2, 0.25) is 0 Å². The lowest BCUT2D eigenvalue weighted by molar-refractivity contribution is -0.181. The summed E-state index contributed by atoms with van der Waals surface area (Å²) in [4.78, 5) is 14.6. The maximum Gasteiger partial charge on any atom is 0.253 e. The third kappa shape index (κ3) is 3.74. The van der Waals surface area contributed by atoms with Crippen molar-refractivity contribution in [2.75, 3.05) is 26.3 Å². The highest BCUT2D eigenvalue weighted by molar-refractivity contribution is 5.94. The van der Waals surface area contributed by atoms with Crippen LogP contribution >= 0.6 is 0 Å². The zero-order chi connectivity index (χ0) is 17.8. The van der Waals surface area contributed by atoms with Gasteiger partial charge in [-0.25, -0.2) is 0 Å². The molecular formula is C21H23NO4. The van der Waals surface area contributed by atoms with E-state index in [2.05, 4.69) is 0 Å². The molecule has 0 atom stereocenters. The minimum atomic E-state index is -0.449. The molecule has 2 aromatic carbocycles. The molecule has 2 aromatic rings. The van der Waals surface area contributed by atoms with Crippen LogP contribution in [0.15, 0.2) is 54.6 Å². The first-order chi connectivity index (χ1) is 12.7. The summed E-state index contributed by atoms with van der Waals surface area (Å²) in [5, 5.41) is 0. The molecule has 2 aliphatic heterocycles. The maximum absolute atomic E-state index is 12.7. The number of carbonyl (C=O) groups is 1. The number of ether oxygens (including phenoxy) is 3. The van der Waals surface area contributed by atoms with Gasteiger partial charge in [0.1, 0.15) is 12.4 Å². The SMILES string of the molecule is O=C(c1ccc(COc2ccccc2)cc1)N1CCC2(CC1)OCCO2. The molecular weight excluding hydrogens is 330 g/mol. The normalized spacial score (nSPS) is 18.8. The van der Waals surface area contributed by atoms with Gasteiger partial charge in [0.05, 0.1) is 13.2 Å². The van der Waals surface area contributed by atoms with Crippen molar-refractivity contribution in [2.45, 2.75) is 25.2 Å². The second kappa shape index (κ2) is 7.48. The predicted octanol–water partition coefficient (Wildman–Crippen LogP) is 3.24. The second-order valence-electron chi connectivity index (χ2n) is 6.70. The Labute approximate surface area is 153 Å². The van der Waals surface area contributed by atoms with Gasteiger partial charge in [0.25, 0.3) is 5.91 Å². The van der Waals surface area contributed by atoms with Gasteiger partial charge in [-0.1, -0.05) is 30.3 Å². The summed E-state index contributed by atoms with van der Waals surface area (Å²) in [6, 6.07) is 17.4. The van der Waals surface area contributed by atoms with Gasteiger partial charge in [-0.05, 0) is 29.8 Å². The van der Waals surface area contributed by atoms with E-state index in [9.17, 15) is 4.79 Å². The van der Waals surface area contributed by atoms with E-state index in [-0.39, 0.29) is 5.91 Å². The van der Waals surface area contributed by atoms with E-state index in [4.69, 9.17) is 14.2 Å². The molecule has 2 aliphatic rings. The van der Waals surface area contributed by atoms with E-state index < -0.39 is 5.79 Å². The van der Waals surface area contributed by atoms with Gasteiger partial charge in [0.2, 0.25) is 0 Å². The molecule has 2 saturated heterocycles. The highest BCUT2D eigenvalue weighted by Gasteiger charge is 2.40. The van der Waals surface area contributed by atoms with Crippen LogP contribution in [-0.2, 0) is 16.1 Å². The number of rotatable bonds is 4. The van der Waals surface area contributed by atoms with Crippen LogP contribution in [0.3, 0.4) is 0 Å². The van der Waals surface area contributed by atoms with Crippen molar-refractivity contribution in [3.05, 3.63) is 65.7 Å². The van der Waals surface area contributed by atoms with Crippen molar-refractivity contribution in [1.29, 1.82) is 0 Å². The Morgan fingerprint density at radius 1 is 0.962 bits per heavy atom. The monoisotopic (exact) mass is 353 g/mol. The van der Waals surface area contributed by atoms with Crippen molar-refractivity contribution < 1.29 is 19.0 Å². The van der Waals surface area contributed by atoms with E-state index in [0.29, 0.717) is 38.5 Å². The number of likely N-dealkylation sites (tertiary alicyclic amines) is 1. The lowest BCUT2D eigenvalue weighted by atomic mass is 10.0. The Kier molecular flexibility index (Phi) is 4.91. The molecule has 2 heterocycles. The van der Waals surface area contributed by atoms with Crippen molar-refractivity contribution in [3.8, 4) is 5.75 Å². The number of nitrogens with zero attached hydrogens (tertiary/aromatic N) is 1. The molecule has 4 rings (SSSR count). The number of hydrogen-bond donors (Lipinski definition) is 0. The molecule has 1 amide bonds. The van der Waals surface area contributed by atoms with Gasteiger partial charge >= 0.3 is 0 Å². The van der Waals surface area contributed by atoms with Gasteiger partial charge in [-0.3, -0.25) is 4.79 Å². The van der Waals surface area contributed by atoms with Crippen LogP contribution in [0.4, 0.5) is 0 Å². The number of piperidine rings is 1. The number of hydrogen-bond acceptors (Lipinski definition) is 4. The Bertz CT molecular complexity index is 728. The molecule has 136 valence electrons. The van der Waals surface area contributed by atoms with E-state index in [1.54, 1.807) is 0 Å². The van der Waals surface area contributed by atoms with E-state index in [1.807, 2.05) is 59.5 Å². The molecule has 0 bridgehead atoms. The zero-order valence-electron chi connectivity index (χ0n) is 14.7. The highest BCUT2D eigenvalue weighted by atomic mass is 16.7. The van der Waals surface area contributed by atoms with Crippen molar-refractivity contribution in [3.63, 3.8) is 0 Å². The standard InChI is InChI=1S/C21H23NO4/c23-20(22-12-10-21(11-13-22)25-14-15-26-21)18-8-6-17(7-9-18)16-24-19-4-2-1-3-5-19/h1-9H,10-16H2. The first kappa shape index (κ1) is 17.1. The average molecular weight is 353 g/mol. The molecule has 0 unspecified atom stereocenters. The molecule has 0 N–H and O–H groups in total. The zero-order valence-corrected chi connectivity index (χ0v) is 14.7. The van der Waals surface area contributed by atoms with E-state index in [1.165, 1.54) is 0 Å². The van der Waals surface area contributed by atoms with Gasteiger partial charge < -0.3 is 19.1 Å². The number of amides is 1. The van der Waals surface area contributed by atoms with Crippen LogP contribution in [-0.4, -0.2) is 42.9 Å². The predicted molar refractivity (Wildman–Crippen MR) is 97.0 cm³/mol. The first-order valence-corrected chi connectivity index (χ1v) is 9.08. The number of para-hydroxylation sites is 1. The summed E-state index contributed by atoms with van der Waals surface area (Å²) in [6.07, 6.45) is 1.48. The fourth-order valence-corrected chi connectivity index (χ4v) is 3.45.